The predicted octanol–water partition coefficient (Wildman–Crippen LogP) is 1.60. The first kappa shape index (κ1) is 25.1. The van der Waals surface area contributed by atoms with E-state index in [0.717, 1.165) is 30.9 Å². The van der Waals surface area contributed by atoms with Gasteiger partial charge in [-0.25, -0.2) is 4.39 Å². The van der Waals surface area contributed by atoms with Gasteiger partial charge in [0.15, 0.2) is 0 Å². The monoisotopic (exact) mass is 511 g/mol. The highest BCUT2D eigenvalue weighted by atomic mass is 19.1. The Morgan fingerprint density at radius 1 is 1.24 bits per heavy atom. The first-order valence-corrected chi connectivity index (χ1v) is 12.4. The summed E-state index contributed by atoms with van der Waals surface area (Å²) >= 11 is 0. The van der Waals surface area contributed by atoms with E-state index in [1.807, 2.05) is 11.8 Å². The number of aromatic amines is 1. The molecule has 1 fully saturated rings. The maximum Gasteiger partial charge on any atom is 0.256 e. The summed E-state index contributed by atoms with van der Waals surface area (Å²) in [5.74, 6) is -1.94. The topological polar surface area (TPSA) is 127 Å². The number of amides is 3. The third-order valence-electron chi connectivity index (χ3n) is 7.11. The van der Waals surface area contributed by atoms with Gasteiger partial charge < -0.3 is 30.4 Å². The number of H-pyrrole nitrogens is 1. The summed E-state index contributed by atoms with van der Waals surface area (Å²) in [6.07, 6.45) is 1.00. The number of anilines is 2. The van der Waals surface area contributed by atoms with Crippen LogP contribution in [-0.4, -0.2) is 89.7 Å². The van der Waals surface area contributed by atoms with Crippen LogP contribution in [0.4, 0.5) is 15.8 Å². The second kappa shape index (κ2) is 10.1. The number of fused-ring (bicyclic) bond motifs is 2. The Hall–Kier alpha value is -3.54. The lowest BCUT2D eigenvalue weighted by Crippen LogP contribution is -2.45. The number of benzene rings is 1. The fraction of sp³-hybridized carbons (Fsp3) is 0.423. The number of nitrogens with zero attached hydrogens (tertiary/aromatic N) is 2. The number of halogens is 1. The molecule has 196 valence electrons. The maximum atomic E-state index is 14.7. The zero-order chi connectivity index (χ0) is 26.3. The van der Waals surface area contributed by atoms with E-state index in [1.165, 1.54) is 19.1 Å². The molecule has 0 unspecified atom stereocenters. The van der Waals surface area contributed by atoms with Crippen LogP contribution in [0.3, 0.4) is 0 Å². The zero-order valence-corrected chi connectivity index (χ0v) is 20.8. The maximum absolute atomic E-state index is 14.7. The zero-order valence-electron chi connectivity index (χ0n) is 20.8. The molecule has 0 saturated carbocycles. The van der Waals surface area contributed by atoms with E-state index in [1.54, 1.807) is 6.08 Å². The van der Waals surface area contributed by atoms with Gasteiger partial charge in [-0.1, -0.05) is 0 Å². The molecule has 2 aromatic rings. The number of carbonyl (C=O) groups is 3. The summed E-state index contributed by atoms with van der Waals surface area (Å²) in [5, 5.41) is 14.4. The van der Waals surface area contributed by atoms with Gasteiger partial charge in [0, 0.05) is 56.1 Å². The fourth-order valence-corrected chi connectivity index (χ4v) is 4.94. The van der Waals surface area contributed by atoms with Crippen LogP contribution in [0.2, 0.25) is 0 Å². The molecule has 4 N–H and O–H groups in total. The molecular weight excluding hydrogens is 481 g/mol. The van der Waals surface area contributed by atoms with Crippen molar-refractivity contribution in [1.82, 2.24) is 14.8 Å². The number of rotatable bonds is 6. The van der Waals surface area contributed by atoms with Gasteiger partial charge in [0.2, 0.25) is 0 Å². The number of aliphatic hydroxyl groups is 1. The summed E-state index contributed by atoms with van der Waals surface area (Å²) in [6, 6.07) is 2.50. The highest BCUT2D eigenvalue weighted by Gasteiger charge is 2.31. The SMILES string of the molecule is Cc1c(/C=C2\C(=O)Nc3cc(NC(=O)[C@H](C)O)c(F)cc32)[nH]c2c1C(=O)N(CCN1CCOCC1)CC2. The summed E-state index contributed by atoms with van der Waals surface area (Å²) in [6.45, 7) is 8.33. The molecule has 0 radical (unpaired) electrons. The number of nitrogens with one attached hydrogen (secondary N) is 3. The van der Waals surface area contributed by atoms with Crippen LogP contribution in [0.5, 0.6) is 0 Å². The normalized spacial score (nSPS) is 19.6. The van der Waals surface area contributed by atoms with Crippen LogP contribution in [0, 0.1) is 12.7 Å². The van der Waals surface area contributed by atoms with E-state index in [-0.39, 0.29) is 17.2 Å². The molecule has 10 nitrogen and oxygen atoms in total. The average Bonchev–Trinajstić information content (AvgIpc) is 3.35. The van der Waals surface area contributed by atoms with Crippen molar-refractivity contribution in [1.29, 1.82) is 0 Å². The van der Waals surface area contributed by atoms with Gasteiger partial charge in [0.25, 0.3) is 17.7 Å². The molecule has 3 amide bonds. The molecule has 0 spiro atoms. The van der Waals surface area contributed by atoms with Crippen LogP contribution in [0.15, 0.2) is 12.1 Å². The highest BCUT2D eigenvalue weighted by molar-refractivity contribution is 6.35. The van der Waals surface area contributed by atoms with Crippen molar-refractivity contribution >= 4 is 40.7 Å². The molecule has 1 aromatic carbocycles. The molecular formula is C26H30FN5O5. The van der Waals surface area contributed by atoms with Crippen molar-refractivity contribution in [2.24, 2.45) is 0 Å². The molecule has 3 aliphatic heterocycles. The Morgan fingerprint density at radius 2 is 2.00 bits per heavy atom. The summed E-state index contributed by atoms with van der Waals surface area (Å²) in [7, 11) is 0. The van der Waals surface area contributed by atoms with Gasteiger partial charge in [-0.15, -0.1) is 0 Å². The molecule has 0 aliphatic carbocycles. The molecule has 0 bridgehead atoms. The average molecular weight is 512 g/mol. The Kier molecular flexibility index (Phi) is 6.84. The second-order valence-corrected chi connectivity index (χ2v) is 9.57. The van der Waals surface area contributed by atoms with Crippen molar-refractivity contribution < 1.29 is 28.6 Å². The van der Waals surface area contributed by atoms with Gasteiger partial charge in [0.1, 0.15) is 11.9 Å². The van der Waals surface area contributed by atoms with Gasteiger partial charge in [-0.3, -0.25) is 19.3 Å². The number of carbonyl (C=O) groups excluding carboxylic acids is 3. The van der Waals surface area contributed by atoms with Crippen molar-refractivity contribution in [3.05, 3.63) is 46.0 Å². The van der Waals surface area contributed by atoms with E-state index >= 15 is 0 Å². The van der Waals surface area contributed by atoms with E-state index in [9.17, 15) is 23.9 Å². The first-order chi connectivity index (χ1) is 17.7. The van der Waals surface area contributed by atoms with Gasteiger partial charge in [-0.2, -0.15) is 0 Å². The molecule has 11 heteroatoms. The molecule has 5 rings (SSSR count). The Morgan fingerprint density at radius 3 is 2.73 bits per heavy atom. The van der Waals surface area contributed by atoms with Crippen LogP contribution in [0.25, 0.3) is 11.6 Å². The fourth-order valence-electron chi connectivity index (χ4n) is 4.94. The number of ether oxygens (including phenoxy) is 1. The van der Waals surface area contributed by atoms with E-state index < -0.39 is 23.7 Å². The number of morpholine rings is 1. The van der Waals surface area contributed by atoms with E-state index in [4.69, 9.17) is 4.74 Å². The second-order valence-electron chi connectivity index (χ2n) is 9.57. The quantitative estimate of drug-likeness (QED) is 0.437. The minimum Gasteiger partial charge on any atom is -0.384 e. The van der Waals surface area contributed by atoms with Crippen LogP contribution < -0.4 is 10.6 Å². The number of aromatic nitrogens is 1. The van der Waals surface area contributed by atoms with Crippen LogP contribution in [-0.2, 0) is 20.7 Å². The third-order valence-corrected chi connectivity index (χ3v) is 7.11. The van der Waals surface area contributed by atoms with Crippen LogP contribution >= 0.6 is 0 Å². The van der Waals surface area contributed by atoms with Crippen molar-refractivity contribution in [3.8, 4) is 0 Å². The standard InChI is InChI=1S/C26H30FN5O5/c1-14-20(28-19-3-4-32(26(36)23(14)19)6-5-31-7-9-37-10-8-31)12-17-16-11-18(27)22(30-24(34)15(2)33)13-21(16)29-25(17)35/h11-13,15,28,33H,3-10H2,1-2H3,(H,29,35)(H,30,34)/b17-12-/t15-/m0/s1. The van der Waals surface area contributed by atoms with Gasteiger partial charge in [0.05, 0.1) is 35.7 Å². The minimum atomic E-state index is -1.31. The largest absolute Gasteiger partial charge is 0.384 e. The van der Waals surface area contributed by atoms with Crippen molar-refractivity contribution in [3.63, 3.8) is 0 Å². The molecule has 37 heavy (non-hydrogen) atoms. The highest BCUT2D eigenvalue weighted by Crippen LogP contribution is 2.37. The minimum absolute atomic E-state index is 0.0336. The predicted molar refractivity (Wildman–Crippen MR) is 136 cm³/mol. The molecule has 3 aliphatic rings. The summed E-state index contributed by atoms with van der Waals surface area (Å²) in [5.41, 5.74) is 3.63. The Labute approximate surface area is 213 Å². The lowest BCUT2D eigenvalue weighted by Gasteiger charge is -2.32. The Balaban J connectivity index is 1.38. The molecule has 1 aromatic heterocycles. The van der Waals surface area contributed by atoms with Gasteiger partial charge >= 0.3 is 0 Å². The lowest BCUT2D eigenvalue weighted by molar-refractivity contribution is -0.123. The van der Waals surface area contributed by atoms with Crippen molar-refractivity contribution in [2.75, 3.05) is 56.6 Å². The summed E-state index contributed by atoms with van der Waals surface area (Å²) < 4.78 is 20.1. The smallest absolute Gasteiger partial charge is 0.256 e. The van der Waals surface area contributed by atoms with E-state index in [2.05, 4.69) is 20.5 Å². The van der Waals surface area contributed by atoms with E-state index in [0.29, 0.717) is 55.2 Å². The molecule has 1 saturated heterocycles. The number of hydrogen-bond acceptors (Lipinski definition) is 6. The first-order valence-electron chi connectivity index (χ1n) is 12.4. The third kappa shape index (κ3) is 4.89. The summed E-state index contributed by atoms with van der Waals surface area (Å²) in [4.78, 5) is 45.3. The number of hydrogen-bond donors (Lipinski definition) is 4. The number of aliphatic hydroxyl groups excluding tert-OH is 1. The Bertz CT molecular complexity index is 1290. The molecule has 1 atom stereocenters. The molecule has 4 heterocycles. The van der Waals surface area contributed by atoms with Crippen LogP contribution in [0.1, 0.15) is 39.8 Å². The van der Waals surface area contributed by atoms with Crippen molar-refractivity contribution in [2.45, 2.75) is 26.4 Å². The lowest BCUT2D eigenvalue weighted by atomic mass is 10.0. The van der Waals surface area contributed by atoms with Gasteiger partial charge in [-0.05, 0) is 37.6 Å².